The zero-order chi connectivity index (χ0) is 13.8. The van der Waals surface area contributed by atoms with Gasteiger partial charge in [0.1, 0.15) is 5.75 Å². The van der Waals surface area contributed by atoms with Gasteiger partial charge in [0.25, 0.3) is 5.91 Å². The highest BCUT2D eigenvalue weighted by atomic mass is 32.2. The average Bonchev–Trinajstić information content (AvgIpc) is 2.35. The summed E-state index contributed by atoms with van der Waals surface area (Å²) >= 11 is 0. The van der Waals surface area contributed by atoms with Crippen molar-refractivity contribution in [2.45, 2.75) is 18.2 Å². The minimum Gasteiger partial charge on any atom is -0.496 e. The number of carbonyl (C=O) groups excluding carboxylic acids is 1. The molecule has 1 rings (SSSR count). The smallest absolute Gasteiger partial charge is 0.252 e. The molecule has 0 heterocycles. The lowest BCUT2D eigenvalue weighted by molar-refractivity contribution is 0.0997. The summed E-state index contributed by atoms with van der Waals surface area (Å²) in [7, 11) is -2.24. The third-order valence-corrected chi connectivity index (χ3v) is 3.75. The normalized spacial score (nSPS) is 11.2. The van der Waals surface area contributed by atoms with E-state index in [4.69, 9.17) is 10.5 Å². The van der Waals surface area contributed by atoms with Crippen LogP contribution in [0.3, 0.4) is 0 Å². The van der Waals surface area contributed by atoms with Gasteiger partial charge in [-0.05, 0) is 24.6 Å². The quantitative estimate of drug-likeness (QED) is 0.787. The number of sulfonamides is 1. The van der Waals surface area contributed by atoms with E-state index in [2.05, 4.69) is 4.72 Å². The Labute approximate surface area is 106 Å². The van der Waals surface area contributed by atoms with Gasteiger partial charge in [-0.3, -0.25) is 4.79 Å². The van der Waals surface area contributed by atoms with E-state index in [9.17, 15) is 13.2 Å². The first-order chi connectivity index (χ1) is 8.42. The second-order valence-corrected chi connectivity index (χ2v) is 5.39. The zero-order valence-electron chi connectivity index (χ0n) is 10.3. The maximum absolute atomic E-state index is 11.9. The number of primary amides is 1. The number of amides is 1. The molecule has 0 aliphatic heterocycles. The van der Waals surface area contributed by atoms with Crippen molar-refractivity contribution in [3.8, 4) is 5.75 Å². The fraction of sp³-hybridized carbons (Fsp3) is 0.364. The Bertz CT molecular complexity index is 540. The van der Waals surface area contributed by atoms with Crippen LogP contribution in [0, 0.1) is 0 Å². The van der Waals surface area contributed by atoms with Crippen LogP contribution in [0.1, 0.15) is 23.7 Å². The molecule has 1 amide bonds. The van der Waals surface area contributed by atoms with E-state index >= 15 is 0 Å². The largest absolute Gasteiger partial charge is 0.496 e. The van der Waals surface area contributed by atoms with E-state index in [1.54, 1.807) is 0 Å². The Hall–Kier alpha value is -1.60. The van der Waals surface area contributed by atoms with Crippen LogP contribution < -0.4 is 15.2 Å². The Balaban J connectivity index is 3.20. The van der Waals surface area contributed by atoms with E-state index in [1.807, 2.05) is 6.92 Å². The summed E-state index contributed by atoms with van der Waals surface area (Å²) < 4.78 is 31.1. The summed E-state index contributed by atoms with van der Waals surface area (Å²) in [4.78, 5) is 11.2. The number of hydrogen-bond donors (Lipinski definition) is 2. The summed E-state index contributed by atoms with van der Waals surface area (Å²) in [5, 5.41) is 0. The molecule has 0 saturated heterocycles. The van der Waals surface area contributed by atoms with Crippen molar-refractivity contribution in [2.24, 2.45) is 5.73 Å². The molecular formula is C11H16N2O4S. The lowest BCUT2D eigenvalue weighted by Crippen LogP contribution is -2.25. The van der Waals surface area contributed by atoms with Crippen LogP contribution in [0.2, 0.25) is 0 Å². The number of rotatable bonds is 6. The molecule has 0 radical (unpaired) electrons. The molecule has 1 aromatic rings. The highest BCUT2D eigenvalue weighted by Gasteiger charge is 2.17. The maximum Gasteiger partial charge on any atom is 0.252 e. The summed E-state index contributed by atoms with van der Waals surface area (Å²) in [5.41, 5.74) is 5.21. The van der Waals surface area contributed by atoms with Gasteiger partial charge < -0.3 is 10.5 Å². The lowest BCUT2D eigenvalue weighted by atomic mass is 10.2. The van der Waals surface area contributed by atoms with Crippen molar-refractivity contribution in [1.82, 2.24) is 4.72 Å². The van der Waals surface area contributed by atoms with Gasteiger partial charge in [0.15, 0.2) is 0 Å². The Morgan fingerprint density at radius 3 is 2.61 bits per heavy atom. The van der Waals surface area contributed by atoms with Crippen molar-refractivity contribution in [3.05, 3.63) is 23.8 Å². The van der Waals surface area contributed by atoms with Crippen molar-refractivity contribution in [3.63, 3.8) is 0 Å². The van der Waals surface area contributed by atoms with Gasteiger partial charge in [-0.1, -0.05) is 6.92 Å². The fourth-order valence-corrected chi connectivity index (χ4v) is 2.53. The summed E-state index contributed by atoms with van der Waals surface area (Å²) in [6.45, 7) is 2.19. The van der Waals surface area contributed by atoms with E-state index in [0.29, 0.717) is 13.0 Å². The molecule has 3 N–H and O–H groups in total. The molecule has 0 fully saturated rings. The van der Waals surface area contributed by atoms with E-state index < -0.39 is 15.9 Å². The standard InChI is InChI=1S/C11H16N2O4S/c1-3-6-13-18(15,16)8-4-5-10(17-2)9(7-8)11(12)14/h4-5,7,13H,3,6H2,1-2H3,(H2,12,14). The molecule has 100 valence electrons. The predicted octanol–water partition coefficient (Wildman–Crippen LogP) is 0.482. The molecule has 0 aromatic heterocycles. The zero-order valence-corrected chi connectivity index (χ0v) is 11.1. The molecule has 0 aliphatic carbocycles. The molecule has 0 spiro atoms. The van der Waals surface area contributed by atoms with Crippen molar-refractivity contribution >= 4 is 15.9 Å². The number of carbonyl (C=O) groups is 1. The van der Waals surface area contributed by atoms with Gasteiger partial charge >= 0.3 is 0 Å². The number of ether oxygens (including phenoxy) is 1. The molecule has 7 heteroatoms. The Morgan fingerprint density at radius 1 is 1.44 bits per heavy atom. The molecule has 0 bridgehead atoms. The van der Waals surface area contributed by atoms with Crippen LogP contribution >= 0.6 is 0 Å². The second-order valence-electron chi connectivity index (χ2n) is 3.62. The van der Waals surface area contributed by atoms with Crippen molar-refractivity contribution < 1.29 is 17.9 Å². The first kappa shape index (κ1) is 14.5. The molecule has 0 aliphatic rings. The molecule has 0 unspecified atom stereocenters. The van der Waals surface area contributed by atoms with E-state index in [1.165, 1.54) is 25.3 Å². The minimum absolute atomic E-state index is 0.00875. The summed E-state index contributed by atoms with van der Waals surface area (Å²) in [6, 6.07) is 3.98. The van der Waals surface area contributed by atoms with Crippen LogP contribution in [-0.2, 0) is 10.0 Å². The third-order valence-electron chi connectivity index (χ3n) is 2.29. The van der Waals surface area contributed by atoms with E-state index in [-0.39, 0.29) is 16.2 Å². The molecule has 6 nitrogen and oxygen atoms in total. The van der Waals surface area contributed by atoms with Crippen LogP contribution in [0.4, 0.5) is 0 Å². The van der Waals surface area contributed by atoms with Gasteiger partial charge in [0.05, 0.1) is 17.6 Å². The molecule has 1 aromatic carbocycles. The van der Waals surface area contributed by atoms with Crippen LogP contribution in [0.5, 0.6) is 5.75 Å². The first-order valence-corrected chi connectivity index (χ1v) is 6.88. The van der Waals surface area contributed by atoms with Crippen LogP contribution in [-0.4, -0.2) is 28.0 Å². The number of methoxy groups -OCH3 is 1. The van der Waals surface area contributed by atoms with Gasteiger partial charge in [-0.25, -0.2) is 13.1 Å². The SMILES string of the molecule is CCCNS(=O)(=O)c1ccc(OC)c(C(N)=O)c1. The van der Waals surface area contributed by atoms with Crippen LogP contribution in [0.25, 0.3) is 0 Å². The number of nitrogens with one attached hydrogen (secondary N) is 1. The highest BCUT2D eigenvalue weighted by molar-refractivity contribution is 7.89. The molecule has 0 atom stereocenters. The summed E-state index contributed by atoms with van der Waals surface area (Å²) in [6.07, 6.45) is 0.679. The maximum atomic E-state index is 11.9. The average molecular weight is 272 g/mol. The van der Waals surface area contributed by atoms with Gasteiger partial charge in [-0.2, -0.15) is 0 Å². The fourth-order valence-electron chi connectivity index (χ4n) is 1.37. The Kier molecular flexibility index (Phi) is 4.69. The summed E-state index contributed by atoms with van der Waals surface area (Å²) in [5.74, 6) is -0.490. The topological polar surface area (TPSA) is 98.5 Å². The van der Waals surface area contributed by atoms with Crippen molar-refractivity contribution in [2.75, 3.05) is 13.7 Å². The van der Waals surface area contributed by atoms with Gasteiger partial charge in [0, 0.05) is 6.54 Å². The highest BCUT2D eigenvalue weighted by Crippen LogP contribution is 2.21. The lowest BCUT2D eigenvalue weighted by Gasteiger charge is -2.09. The second kappa shape index (κ2) is 5.83. The predicted molar refractivity (Wildman–Crippen MR) is 67.0 cm³/mol. The first-order valence-electron chi connectivity index (χ1n) is 5.40. The molecule has 18 heavy (non-hydrogen) atoms. The molecule has 0 saturated carbocycles. The number of benzene rings is 1. The Morgan fingerprint density at radius 2 is 2.11 bits per heavy atom. The third kappa shape index (κ3) is 3.21. The number of nitrogens with two attached hydrogens (primary N) is 1. The van der Waals surface area contributed by atoms with E-state index in [0.717, 1.165) is 0 Å². The molecular weight excluding hydrogens is 256 g/mol. The monoisotopic (exact) mass is 272 g/mol. The van der Waals surface area contributed by atoms with Gasteiger partial charge in [-0.15, -0.1) is 0 Å². The van der Waals surface area contributed by atoms with Gasteiger partial charge in [0.2, 0.25) is 10.0 Å². The van der Waals surface area contributed by atoms with Crippen LogP contribution in [0.15, 0.2) is 23.1 Å². The minimum atomic E-state index is -3.62. The number of hydrogen-bond acceptors (Lipinski definition) is 4. The van der Waals surface area contributed by atoms with Crippen molar-refractivity contribution in [1.29, 1.82) is 0 Å².